The van der Waals surface area contributed by atoms with Crippen LogP contribution in [0.15, 0.2) is 206 Å². The molecule has 0 bridgehead atoms. The van der Waals surface area contributed by atoms with Gasteiger partial charge in [-0.05, 0) is 119 Å². The number of fused-ring (bicyclic) bond motifs is 13. The van der Waals surface area contributed by atoms with Crippen LogP contribution in [0.3, 0.4) is 0 Å². The van der Waals surface area contributed by atoms with Gasteiger partial charge in [-0.3, -0.25) is 47.9 Å². The van der Waals surface area contributed by atoms with Crippen LogP contribution in [-0.2, 0) is 0 Å². The Morgan fingerprint density at radius 1 is 0.207 bits per heavy atom. The predicted octanol–water partition coefficient (Wildman–Crippen LogP) is 10.5. The summed E-state index contributed by atoms with van der Waals surface area (Å²) in [6.45, 7) is 0. The molecule has 0 radical (unpaired) electrons. The molecule has 111 heavy (non-hydrogen) atoms. The first-order chi connectivity index (χ1) is 53.0. The number of nitrogens with two attached hydrogens (primary N) is 11. The molecule has 0 atom stereocenters. The first kappa shape index (κ1) is 73.0. The monoisotopic (exact) mass is 1470 g/mol. The highest BCUT2D eigenvalue weighted by molar-refractivity contribution is 6.37. The summed E-state index contributed by atoms with van der Waals surface area (Å²) in [5.74, 6) is -2.83. The number of anilines is 11. The van der Waals surface area contributed by atoms with E-state index in [1.54, 1.807) is 78.9 Å². The summed E-state index contributed by atoms with van der Waals surface area (Å²) in [4.78, 5) is 124. The lowest BCUT2D eigenvalue weighted by Gasteiger charge is -2.22. The molecule has 25 heteroatoms. The molecule has 0 saturated heterocycles. The van der Waals surface area contributed by atoms with Gasteiger partial charge in [0.2, 0.25) is 17.3 Å². The average Bonchev–Trinajstić information content (AvgIpc) is 0.739. The topological polar surface area (TPSA) is 538 Å². The summed E-state index contributed by atoms with van der Waals surface area (Å²) in [7, 11) is 0. The van der Waals surface area contributed by atoms with Crippen LogP contribution in [0.2, 0.25) is 0 Å². The van der Waals surface area contributed by atoms with E-state index in [1.807, 2.05) is 12.1 Å². The van der Waals surface area contributed by atoms with E-state index in [1.165, 1.54) is 89.0 Å². The summed E-state index contributed by atoms with van der Waals surface area (Å²) in [5.41, 5.74) is 68.4. The zero-order valence-corrected chi connectivity index (χ0v) is 57.9. The Morgan fingerprint density at radius 2 is 0.432 bits per heavy atom. The molecule has 5 aliphatic carbocycles. The molecule has 18 rings (SSSR count). The highest BCUT2D eigenvalue weighted by Gasteiger charge is 2.41. The minimum Gasteiger partial charge on any atom is -0.507 e. The third kappa shape index (κ3) is 12.1. The smallest absolute Gasteiger partial charge is 0.202 e. The van der Waals surface area contributed by atoms with E-state index in [2.05, 4.69) is 48.4 Å². The maximum atomic E-state index is 12.6. The second-order valence-corrected chi connectivity index (χ2v) is 25.7. The summed E-state index contributed by atoms with van der Waals surface area (Å²) in [6.07, 6.45) is 5.56. The molecule has 0 spiro atoms. The highest BCUT2D eigenvalue weighted by Crippen LogP contribution is 2.45. The van der Waals surface area contributed by atoms with Crippen molar-refractivity contribution in [2.24, 2.45) is 0 Å². The first-order valence-electron chi connectivity index (χ1n) is 33.4. The fraction of sp³-hybridized carbons (Fsp3) is 0. The van der Waals surface area contributed by atoms with Crippen LogP contribution in [0.25, 0.3) is 21.5 Å². The number of nitrogen functional groups attached to an aromatic ring is 11. The van der Waals surface area contributed by atoms with Crippen molar-refractivity contribution >= 4 is 142 Å². The highest BCUT2D eigenvalue weighted by atomic mass is 16.3. The van der Waals surface area contributed by atoms with Crippen LogP contribution >= 0.6 is 0 Å². The van der Waals surface area contributed by atoms with Gasteiger partial charge in [-0.2, -0.15) is 0 Å². The molecule has 13 aromatic carbocycles. The van der Waals surface area contributed by atoms with Crippen LogP contribution < -0.4 is 63.1 Å². The molecule has 0 fully saturated rings. The number of hydrogen-bond donors (Lipinski definition) is 15. The van der Waals surface area contributed by atoms with E-state index in [-0.39, 0.29) is 181 Å². The number of carbonyl (C=O) groups is 10. The number of phenolic OH excluding ortho intramolecular Hbond substituents is 4. The molecule has 0 aliphatic heterocycles. The number of terminal acetylenes is 1. The van der Waals surface area contributed by atoms with Gasteiger partial charge in [0, 0.05) is 95.9 Å². The molecule has 26 N–H and O–H groups in total. The molecule has 544 valence electrons. The Morgan fingerprint density at radius 3 is 0.766 bits per heavy atom. The molecular weight excluding hydrogens is 1410 g/mol. The fourth-order valence-corrected chi connectivity index (χ4v) is 13.9. The number of phenols is 4. The predicted molar refractivity (Wildman–Crippen MR) is 423 cm³/mol. The van der Waals surface area contributed by atoms with Crippen molar-refractivity contribution in [1.29, 1.82) is 0 Å². The fourth-order valence-electron chi connectivity index (χ4n) is 13.9. The Balaban J connectivity index is 0.000000117. The van der Waals surface area contributed by atoms with Crippen molar-refractivity contribution < 1.29 is 68.4 Å². The van der Waals surface area contributed by atoms with Crippen molar-refractivity contribution in [3.05, 3.63) is 323 Å². The summed E-state index contributed by atoms with van der Waals surface area (Å²) < 4.78 is 0. The normalized spacial score (nSPS) is 12.7. The summed E-state index contributed by atoms with van der Waals surface area (Å²) in [6, 6.07) is 56.5. The molecule has 0 aromatic heterocycles. The van der Waals surface area contributed by atoms with Crippen LogP contribution in [0, 0.1) is 12.3 Å². The maximum absolute atomic E-state index is 12.6. The second-order valence-electron chi connectivity index (χ2n) is 25.7. The SMILES string of the molecule is C#Cc1cc2ccccc2c2ccccc12.Nc1ccc(N)c2c1C(=O)c1c(N)ccc(N)c1C2=O.Nc1ccc(N)c2c1C(=O)c1ccccc1C2=O.Nc1ccc(O)c2c1C(=O)c1c(N)ccc(O)c1C2=O.Nc1ccc(O)c2c1C(=O)c1c(O)ccc(N)c1C2=O.Nc1cccc2c1C(=O)c1ccccc1C2=O. The molecule has 0 unspecified atom stereocenters. The largest absolute Gasteiger partial charge is 0.507 e. The zero-order valence-electron chi connectivity index (χ0n) is 57.9. The van der Waals surface area contributed by atoms with Crippen molar-refractivity contribution in [3.8, 4) is 35.3 Å². The first-order valence-corrected chi connectivity index (χ1v) is 33.4. The maximum Gasteiger partial charge on any atom is 0.202 e. The molecule has 0 amide bonds. The van der Waals surface area contributed by atoms with Crippen molar-refractivity contribution in [1.82, 2.24) is 0 Å². The third-order valence-electron chi connectivity index (χ3n) is 19.2. The number of benzene rings is 13. The van der Waals surface area contributed by atoms with Gasteiger partial charge in [-0.15, -0.1) is 6.42 Å². The van der Waals surface area contributed by atoms with Gasteiger partial charge in [0.1, 0.15) is 23.0 Å². The van der Waals surface area contributed by atoms with Crippen LogP contribution in [-0.4, -0.2) is 78.3 Å². The van der Waals surface area contributed by atoms with Gasteiger partial charge in [0.25, 0.3) is 0 Å². The van der Waals surface area contributed by atoms with Gasteiger partial charge in [-0.25, -0.2) is 0 Å². The van der Waals surface area contributed by atoms with Gasteiger partial charge in [0.15, 0.2) is 40.5 Å². The molecule has 0 heterocycles. The Hall–Kier alpha value is -16.4. The minimum atomic E-state index is -0.677. The van der Waals surface area contributed by atoms with Gasteiger partial charge < -0.3 is 83.5 Å². The van der Waals surface area contributed by atoms with Crippen LogP contribution in [0.5, 0.6) is 23.0 Å². The number of hydrogen-bond acceptors (Lipinski definition) is 25. The van der Waals surface area contributed by atoms with E-state index >= 15 is 0 Å². The third-order valence-corrected chi connectivity index (χ3v) is 19.2. The molecule has 13 aromatic rings. The Bertz CT molecular complexity index is 5710. The number of aromatic hydroxyl groups is 4. The van der Waals surface area contributed by atoms with Gasteiger partial charge >= 0.3 is 0 Å². The van der Waals surface area contributed by atoms with E-state index in [0.29, 0.717) is 39.1 Å². The van der Waals surface area contributed by atoms with Gasteiger partial charge in [0.05, 0.1) is 83.5 Å². The second kappa shape index (κ2) is 28.3. The number of ketones is 10. The van der Waals surface area contributed by atoms with E-state index in [4.69, 9.17) is 69.5 Å². The van der Waals surface area contributed by atoms with Crippen molar-refractivity contribution in [3.63, 3.8) is 0 Å². The van der Waals surface area contributed by atoms with E-state index < -0.39 is 34.7 Å². The van der Waals surface area contributed by atoms with E-state index in [0.717, 1.165) is 10.9 Å². The minimum absolute atomic E-state index is 0.0589. The molecule has 5 aliphatic rings. The van der Waals surface area contributed by atoms with Crippen LogP contribution in [0.4, 0.5) is 62.6 Å². The molecular formula is C86H61N11O14. The molecule has 0 saturated carbocycles. The average molecular weight is 1470 g/mol. The quantitative estimate of drug-likeness (QED) is 0.0290. The van der Waals surface area contributed by atoms with Crippen molar-refractivity contribution in [2.75, 3.05) is 63.1 Å². The summed E-state index contributed by atoms with van der Waals surface area (Å²) in [5, 5.41) is 44.1. The zero-order chi connectivity index (χ0) is 79.6. The number of rotatable bonds is 0. The lowest BCUT2D eigenvalue weighted by atomic mass is 9.81. The lowest BCUT2D eigenvalue weighted by molar-refractivity contribution is 0.0975. The van der Waals surface area contributed by atoms with E-state index in [9.17, 15) is 68.4 Å². The van der Waals surface area contributed by atoms with Gasteiger partial charge in [-0.1, -0.05) is 115 Å². The lowest BCUT2D eigenvalue weighted by Crippen LogP contribution is -2.26. The molecule has 25 nitrogen and oxygen atoms in total. The Labute approximate surface area is 628 Å². The standard InChI is InChI=1S/C16H10.C14H12N4O2.2C14H10N2O4.C14H10N2O2.C14H9NO2/c1-2-12-11-13-7-3-4-9-15(13)16-10-6-5-8-14(12)16;15-5-1-2-6(16)10-9(5)13(19)11-7(17)3-4-8(18)12(11)14(10)20;15-5-1-3-7(17)11-9(5)13(19)12-8(18)4-2-6(16)10(12)14(11)20;15-5-1-3-7(17)11-9(5)13(19)10-6(16)2-4-8(18)12(10)14(11)20;15-9-5-6-10(16)12-11(9)13(17)7-3-1-2-4-8(7)14(12)18;15-11-7-3-6-10-12(11)14(17)9-5-2-1-4-8(9)13(10)16/h1,3-11H;1-4H,15-18H2;2*1-4,17-18H,15-16H2;1-6H,15-16H2;1-7H,15H2. The Kier molecular flexibility index (Phi) is 18.6. The number of carbonyl (C=O) groups excluding carboxylic acids is 10. The van der Waals surface area contributed by atoms with Crippen LogP contribution in [0.1, 0.15) is 165 Å². The van der Waals surface area contributed by atoms with Crippen molar-refractivity contribution in [2.45, 2.75) is 0 Å². The summed E-state index contributed by atoms with van der Waals surface area (Å²) >= 11 is 0.